The standard InChI is InChI=1S/C18H23N3O2/c1-3-14-6-4-5-7-16(14)23-12-18(22)20-17-10-11-19-21(17)13(2)15-8-9-15/h4-7,10-11,13,15H,3,8-9,12H2,1-2H3,(H,20,22). The van der Waals surface area contributed by atoms with Gasteiger partial charge in [-0.1, -0.05) is 25.1 Å². The number of nitrogens with zero attached hydrogens (tertiary/aromatic N) is 2. The summed E-state index contributed by atoms with van der Waals surface area (Å²) < 4.78 is 7.56. The summed E-state index contributed by atoms with van der Waals surface area (Å²) in [7, 11) is 0. The van der Waals surface area contributed by atoms with Crippen LogP contribution < -0.4 is 10.1 Å². The lowest BCUT2D eigenvalue weighted by Gasteiger charge is -2.15. The van der Waals surface area contributed by atoms with Crippen LogP contribution in [0, 0.1) is 5.92 Å². The van der Waals surface area contributed by atoms with Crippen molar-refractivity contribution in [1.82, 2.24) is 9.78 Å². The molecule has 1 heterocycles. The molecule has 3 rings (SSSR count). The topological polar surface area (TPSA) is 56.1 Å². The fourth-order valence-electron chi connectivity index (χ4n) is 2.78. The SMILES string of the molecule is CCc1ccccc1OCC(=O)Nc1ccnn1C(C)C1CC1. The van der Waals surface area contributed by atoms with E-state index in [0.29, 0.717) is 12.0 Å². The quantitative estimate of drug-likeness (QED) is 0.852. The number of anilines is 1. The molecule has 1 amide bonds. The van der Waals surface area contributed by atoms with E-state index >= 15 is 0 Å². The van der Waals surface area contributed by atoms with Gasteiger partial charge in [0.15, 0.2) is 6.61 Å². The number of hydrogen-bond donors (Lipinski definition) is 1. The smallest absolute Gasteiger partial charge is 0.263 e. The molecule has 1 unspecified atom stereocenters. The highest BCUT2D eigenvalue weighted by Crippen LogP contribution is 2.40. The van der Waals surface area contributed by atoms with Crippen LogP contribution in [0.15, 0.2) is 36.5 Å². The first-order valence-corrected chi connectivity index (χ1v) is 8.23. The molecular weight excluding hydrogens is 290 g/mol. The van der Waals surface area contributed by atoms with Gasteiger partial charge in [0.25, 0.3) is 5.91 Å². The van der Waals surface area contributed by atoms with Crippen molar-refractivity contribution in [2.75, 3.05) is 11.9 Å². The van der Waals surface area contributed by atoms with E-state index < -0.39 is 0 Å². The number of aromatic nitrogens is 2. The molecule has 1 aromatic carbocycles. The van der Waals surface area contributed by atoms with Gasteiger partial charge in [0.05, 0.1) is 12.2 Å². The van der Waals surface area contributed by atoms with Gasteiger partial charge in [-0.15, -0.1) is 0 Å². The number of nitrogens with one attached hydrogen (secondary N) is 1. The van der Waals surface area contributed by atoms with Crippen molar-refractivity contribution in [2.45, 2.75) is 39.2 Å². The van der Waals surface area contributed by atoms with Crippen LogP contribution in [0.3, 0.4) is 0 Å². The average molecular weight is 313 g/mol. The van der Waals surface area contributed by atoms with E-state index in [1.807, 2.05) is 35.0 Å². The molecule has 0 spiro atoms. The number of amides is 1. The lowest BCUT2D eigenvalue weighted by atomic mass is 10.1. The van der Waals surface area contributed by atoms with E-state index in [4.69, 9.17) is 4.74 Å². The van der Waals surface area contributed by atoms with E-state index in [1.165, 1.54) is 12.8 Å². The van der Waals surface area contributed by atoms with Gasteiger partial charge in [0.1, 0.15) is 11.6 Å². The van der Waals surface area contributed by atoms with Crippen LogP contribution in [-0.2, 0) is 11.2 Å². The van der Waals surface area contributed by atoms with E-state index in [9.17, 15) is 4.79 Å². The third-order valence-electron chi connectivity index (χ3n) is 4.34. The summed E-state index contributed by atoms with van der Waals surface area (Å²) in [5.41, 5.74) is 1.10. The number of rotatable bonds is 7. The molecule has 1 N–H and O–H groups in total. The van der Waals surface area contributed by atoms with Gasteiger partial charge in [-0.25, -0.2) is 4.68 Å². The molecule has 1 aliphatic rings. The Balaban J connectivity index is 1.58. The van der Waals surface area contributed by atoms with Crippen molar-refractivity contribution in [2.24, 2.45) is 5.92 Å². The second kappa shape index (κ2) is 6.86. The van der Waals surface area contributed by atoms with Crippen molar-refractivity contribution < 1.29 is 9.53 Å². The third kappa shape index (κ3) is 3.73. The average Bonchev–Trinajstić information content (AvgIpc) is 3.32. The Labute approximate surface area is 136 Å². The number of carbonyl (C=O) groups is 1. The Morgan fingerprint density at radius 2 is 2.17 bits per heavy atom. The minimum Gasteiger partial charge on any atom is -0.483 e. The molecule has 2 aromatic rings. The maximum atomic E-state index is 12.2. The molecule has 0 radical (unpaired) electrons. The van der Waals surface area contributed by atoms with E-state index in [-0.39, 0.29) is 12.5 Å². The van der Waals surface area contributed by atoms with Crippen molar-refractivity contribution in [1.29, 1.82) is 0 Å². The maximum Gasteiger partial charge on any atom is 0.263 e. The highest BCUT2D eigenvalue weighted by Gasteiger charge is 2.30. The first-order valence-electron chi connectivity index (χ1n) is 8.23. The van der Waals surface area contributed by atoms with Crippen molar-refractivity contribution in [3.8, 4) is 5.75 Å². The van der Waals surface area contributed by atoms with Gasteiger partial charge in [-0.3, -0.25) is 4.79 Å². The molecule has 1 fully saturated rings. The van der Waals surface area contributed by atoms with Gasteiger partial charge < -0.3 is 10.1 Å². The van der Waals surface area contributed by atoms with Gasteiger partial charge in [0.2, 0.25) is 0 Å². The van der Waals surface area contributed by atoms with Crippen molar-refractivity contribution in [3.05, 3.63) is 42.1 Å². The van der Waals surface area contributed by atoms with Gasteiger partial charge >= 0.3 is 0 Å². The highest BCUT2D eigenvalue weighted by atomic mass is 16.5. The first-order chi connectivity index (χ1) is 11.2. The minimum atomic E-state index is -0.166. The summed E-state index contributed by atoms with van der Waals surface area (Å²) >= 11 is 0. The number of aryl methyl sites for hydroxylation is 1. The lowest BCUT2D eigenvalue weighted by Crippen LogP contribution is -2.23. The fourth-order valence-corrected chi connectivity index (χ4v) is 2.78. The Hall–Kier alpha value is -2.30. The van der Waals surface area contributed by atoms with Crippen LogP contribution >= 0.6 is 0 Å². The minimum absolute atomic E-state index is 0.00000283. The number of ether oxygens (including phenoxy) is 1. The monoisotopic (exact) mass is 313 g/mol. The second-order valence-corrected chi connectivity index (χ2v) is 6.04. The summed E-state index contributed by atoms with van der Waals surface area (Å²) in [6.45, 7) is 4.22. The van der Waals surface area contributed by atoms with Gasteiger partial charge in [-0.05, 0) is 43.7 Å². The van der Waals surface area contributed by atoms with E-state index in [2.05, 4.69) is 24.3 Å². The zero-order valence-corrected chi connectivity index (χ0v) is 13.7. The molecule has 0 saturated heterocycles. The van der Waals surface area contributed by atoms with Gasteiger partial charge in [0, 0.05) is 6.07 Å². The Kier molecular flexibility index (Phi) is 4.65. The van der Waals surface area contributed by atoms with Crippen LogP contribution in [0.2, 0.25) is 0 Å². The second-order valence-electron chi connectivity index (χ2n) is 6.04. The lowest BCUT2D eigenvalue weighted by molar-refractivity contribution is -0.118. The molecule has 1 aliphatic carbocycles. The number of para-hydroxylation sites is 1. The number of carbonyl (C=O) groups excluding carboxylic acids is 1. The zero-order valence-electron chi connectivity index (χ0n) is 13.7. The Morgan fingerprint density at radius 3 is 2.91 bits per heavy atom. The summed E-state index contributed by atoms with van der Waals surface area (Å²) in [6.07, 6.45) is 5.09. The van der Waals surface area contributed by atoms with E-state index in [1.54, 1.807) is 6.20 Å². The molecule has 5 heteroatoms. The number of benzene rings is 1. The summed E-state index contributed by atoms with van der Waals surface area (Å²) in [6, 6.07) is 9.95. The summed E-state index contributed by atoms with van der Waals surface area (Å²) in [4.78, 5) is 12.2. The number of hydrogen-bond acceptors (Lipinski definition) is 3. The molecule has 122 valence electrons. The predicted octanol–water partition coefficient (Wildman–Crippen LogP) is 3.43. The maximum absolute atomic E-state index is 12.2. The molecule has 1 atom stereocenters. The molecular formula is C18H23N3O2. The molecule has 1 aromatic heterocycles. The van der Waals surface area contributed by atoms with E-state index in [0.717, 1.165) is 23.6 Å². The highest BCUT2D eigenvalue weighted by molar-refractivity contribution is 5.91. The summed E-state index contributed by atoms with van der Waals surface area (Å²) in [5.74, 6) is 2.02. The Morgan fingerprint density at radius 1 is 1.39 bits per heavy atom. The van der Waals surface area contributed by atoms with Gasteiger partial charge in [-0.2, -0.15) is 5.10 Å². The van der Waals surface area contributed by atoms with Crippen LogP contribution in [-0.4, -0.2) is 22.3 Å². The molecule has 0 bridgehead atoms. The van der Waals surface area contributed by atoms with Crippen molar-refractivity contribution in [3.63, 3.8) is 0 Å². The molecule has 1 saturated carbocycles. The normalized spacial score (nSPS) is 15.2. The molecule has 5 nitrogen and oxygen atoms in total. The first kappa shape index (κ1) is 15.6. The summed E-state index contributed by atoms with van der Waals surface area (Å²) in [5, 5.41) is 7.24. The molecule has 0 aliphatic heterocycles. The van der Waals surface area contributed by atoms with Crippen LogP contribution in [0.25, 0.3) is 0 Å². The Bertz CT molecular complexity index is 676. The van der Waals surface area contributed by atoms with Crippen LogP contribution in [0.1, 0.15) is 38.3 Å². The van der Waals surface area contributed by atoms with Crippen molar-refractivity contribution >= 4 is 11.7 Å². The largest absolute Gasteiger partial charge is 0.483 e. The van der Waals surface area contributed by atoms with Crippen LogP contribution in [0.4, 0.5) is 5.82 Å². The molecule has 23 heavy (non-hydrogen) atoms. The predicted molar refractivity (Wildman–Crippen MR) is 89.6 cm³/mol. The zero-order chi connectivity index (χ0) is 16.2. The fraction of sp³-hybridized carbons (Fsp3) is 0.444. The third-order valence-corrected chi connectivity index (χ3v) is 4.34. The van der Waals surface area contributed by atoms with Crippen LogP contribution in [0.5, 0.6) is 5.75 Å².